The Kier molecular flexibility index (Phi) is 2.15. The van der Waals surface area contributed by atoms with Crippen LogP contribution in [0.25, 0.3) is 10.9 Å². The average Bonchev–Trinajstić information content (AvgIpc) is 2.56. The summed E-state index contributed by atoms with van der Waals surface area (Å²) in [6, 6.07) is 3.99. The van der Waals surface area contributed by atoms with Gasteiger partial charge in [0.1, 0.15) is 5.15 Å². The molecule has 3 heterocycles. The maximum Gasteiger partial charge on any atom is 0.138 e. The van der Waals surface area contributed by atoms with E-state index in [1.807, 2.05) is 18.3 Å². The third-order valence-corrected chi connectivity index (χ3v) is 3.14. The van der Waals surface area contributed by atoms with Crippen molar-refractivity contribution in [3.8, 4) is 0 Å². The number of pyridine rings is 1. The number of halogens is 1. The van der Waals surface area contributed by atoms with Gasteiger partial charge in [-0.25, -0.2) is 4.98 Å². The van der Waals surface area contributed by atoms with E-state index in [4.69, 9.17) is 16.3 Å². The molecule has 0 aliphatic carbocycles. The number of fused-ring (bicyclic) bond motifs is 1. The highest BCUT2D eigenvalue weighted by Gasteiger charge is 2.19. The topological polar surface area (TPSA) is 27.1 Å². The van der Waals surface area contributed by atoms with Gasteiger partial charge in [-0.15, -0.1) is 0 Å². The lowest BCUT2D eigenvalue weighted by Gasteiger charge is -2.27. The van der Waals surface area contributed by atoms with Crippen LogP contribution >= 0.6 is 11.6 Å². The number of ether oxygens (including phenoxy) is 1. The first-order chi connectivity index (χ1) is 7.34. The predicted octanol–water partition coefficient (Wildman–Crippen LogP) is 2.48. The van der Waals surface area contributed by atoms with Crippen molar-refractivity contribution in [2.45, 2.75) is 19.1 Å². The molecule has 0 spiro atoms. The van der Waals surface area contributed by atoms with Crippen LogP contribution in [0.1, 0.15) is 6.42 Å². The molecule has 4 heteroatoms. The second-order valence-electron chi connectivity index (χ2n) is 3.78. The minimum Gasteiger partial charge on any atom is -0.376 e. The van der Waals surface area contributed by atoms with Gasteiger partial charge >= 0.3 is 0 Å². The molecule has 1 aliphatic rings. The van der Waals surface area contributed by atoms with Crippen molar-refractivity contribution >= 4 is 22.5 Å². The highest BCUT2D eigenvalue weighted by Crippen LogP contribution is 2.23. The normalized spacial score (nSPS) is 20.5. The molecule has 0 aromatic carbocycles. The molecule has 1 aliphatic heterocycles. The largest absolute Gasteiger partial charge is 0.376 e. The van der Waals surface area contributed by atoms with Crippen LogP contribution in [0.3, 0.4) is 0 Å². The molecule has 78 valence electrons. The third-order valence-electron chi connectivity index (χ3n) is 2.84. The Labute approximate surface area is 92.6 Å². The summed E-state index contributed by atoms with van der Waals surface area (Å²) in [5.41, 5.74) is 1.13. The van der Waals surface area contributed by atoms with Crippen LogP contribution in [0.4, 0.5) is 0 Å². The van der Waals surface area contributed by atoms with Crippen LogP contribution in [0.2, 0.25) is 5.15 Å². The molecule has 1 atom stereocenters. The monoisotopic (exact) mass is 222 g/mol. The molecular weight excluding hydrogens is 212 g/mol. The molecule has 0 bridgehead atoms. The van der Waals surface area contributed by atoms with E-state index in [1.54, 1.807) is 6.20 Å². The lowest BCUT2D eigenvalue weighted by atomic mass is 10.2. The predicted molar refractivity (Wildman–Crippen MR) is 59.1 cm³/mol. The second-order valence-corrected chi connectivity index (χ2v) is 4.14. The van der Waals surface area contributed by atoms with Gasteiger partial charge in [0.05, 0.1) is 11.6 Å². The summed E-state index contributed by atoms with van der Waals surface area (Å²) in [6.07, 6.45) is 5.30. The summed E-state index contributed by atoms with van der Waals surface area (Å²) in [6.45, 7) is 1.80. The van der Waals surface area contributed by atoms with Crippen molar-refractivity contribution in [1.82, 2.24) is 9.55 Å². The standard InChI is InChI=1S/C11H11ClN2O/c12-11-9-2-5-14(7-8-3-6-15-8)10(9)1-4-13-11/h1-2,4-5,8H,3,6-7H2. The highest BCUT2D eigenvalue weighted by molar-refractivity contribution is 6.34. The van der Waals surface area contributed by atoms with Crippen LogP contribution in [0.15, 0.2) is 24.5 Å². The van der Waals surface area contributed by atoms with Crippen molar-refractivity contribution < 1.29 is 4.74 Å². The van der Waals surface area contributed by atoms with Crippen molar-refractivity contribution in [3.05, 3.63) is 29.7 Å². The summed E-state index contributed by atoms with van der Waals surface area (Å²) in [7, 11) is 0. The lowest BCUT2D eigenvalue weighted by molar-refractivity contribution is -0.0586. The van der Waals surface area contributed by atoms with E-state index in [0.717, 1.165) is 30.5 Å². The molecule has 3 rings (SSSR count). The number of nitrogens with zero attached hydrogens (tertiary/aromatic N) is 2. The van der Waals surface area contributed by atoms with Crippen LogP contribution in [-0.2, 0) is 11.3 Å². The van der Waals surface area contributed by atoms with Gasteiger partial charge in [-0.2, -0.15) is 0 Å². The SMILES string of the molecule is Clc1nccc2c1ccn2CC1CCO1. The molecule has 2 aromatic heterocycles. The zero-order chi connectivity index (χ0) is 10.3. The fourth-order valence-electron chi connectivity index (χ4n) is 1.89. The van der Waals surface area contributed by atoms with E-state index >= 15 is 0 Å². The van der Waals surface area contributed by atoms with Gasteiger partial charge in [-0.1, -0.05) is 11.6 Å². The molecule has 1 unspecified atom stereocenters. The van der Waals surface area contributed by atoms with E-state index in [9.17, 15) is 0 Å². The molecule has 0 amide bonds. The van der Waals surface area contributed by atoms with Gasteiger partial charge in [-0.05, 0) is 18.6 Å². The number of rotatable bonds is 2. The summed E-state index contributed by atoms with van der Waals surface area (Å²) in [4.78, 5) is 4.05. The van der Waals surface area contributed by atoms with Crippen molar-refractivity contribution in [1.29, 1.82) is 0 Å². The minimum atomic E-state index is 0.368. The molecule has 2 aromatic rings. The van der Waals surface area contributed by atoms with Crippen LogP contribution in [0.5, 0.6) is 0 Å². The Bertz CT molecular complexity index is 490. The smallest absolute Gasteiger partial charge is 0.138 e. The van der Waals surface area contributed by atoms with Crippen LogP contribution < -0.4 is 0 Å². The molecule has 3 nitrogen and oxygen atoms in total. The van der Waals surface area contributed by atoms with E-state index < -0.39 is 0 Å². The second kappa shape index (κ2) is 3.51. The number of aromatic nitrogens is 2. The molecule has 1 saturated heterocycles. The Balaban J connectivity index is 2.00. The Morgan fingerprint density at radius 1 is 1.53 bits per heavy atom. The quantitative estimate of drug-likeness (QED) is 0.730. The third kappa shape index (κ3) is 1.52. The molecule has 0 saturated carbocycles. The van der Waals surface area contributed by atoms with Gasteiger partial charge in [0.2, 0.25) is 0 Å². The maximum absolute atomic E-state index is 6.00. The Morgan fingerprint density at radius 2 is 2.40 bits per heavy atom. The fraction of sp³-hybridized carbons (Fsp3) is 0.364. The first kappa shape index (κ1) is 9.19. The van der Waals surface area contributed by atoms with Gasteiger partial charge in [-0.3, -0.25) is 0 Å². The molecule has 0 N–H and O–H groups in total. The summed E-state index contributed by atoms with van der Waals surface area (Å²) in [5, 5.41) is 1.58. The van der Waals surface area contributed by atoms with Crippen LogP contribution in [0, 0.1) is 0 Å². The van der Waals surface area contributed by atoms with E-state index in [2.05, 4.69) is 9.55 Å². The van der Waals surface area contributed by atoms with Gasteiger partial charge in [0.15, 0.2) is 0 Å². The highest BCUT2D eigenvalue weighted by atomic mass is 35.5. The summed E-state index contributed by atoms with van der Waals surface area (Å²) in [5.74, 6) is 0. The maximum atomic E-state index is 6.00. The van der Waals surface area contributed by atoms with E-state index in [0.29, 0.717) is 11.3 Å². The number of hydrogen-bond donors (Lipinski definition) is 0. The van der Waals surface area contributed by atoms with E-state index in [1.165, 1.54) is 0 Å². The Morgan fingerprint density at radius 3 is 3.13 bits per heavy atom. The van der Waals surface area contributed by atoms with Gasteiger partial charge < -0.3 is 9.30 Å². The zero-order valence-corrected chi connectivity index (χ0v) is 8.94. The first-order valence-electron chi connectivity index (χ1n) is 5.05. The molecule has 0 radical (unpaired) electrons. The van der Waals surface area contributed by atoms with Crippen molar-refractivity contribution in [2.75, 3.05) is 6.61 Å². The first-order valence-corrected chi connectivity index (χ1v) is 5.43. The molecule has 1 fully saturated rings. The fourth-order valence-corrected chi connectivity index (χ4v) is 2.11. The van der Waals surface area contributed by atoms with Crippen LogP contribution in [-0.4, -0.2) is 22.3 Å². The van der Waals surface area contributed by atoms with Gasteiger partial charge in [0, 0.05) is 30.9 Å². The minimum absolute atomic E-state index is 0.368. The number of hydrogen-bond acceptors (Lipinski definition) is 2. The average molecular weight is 223 g/mol. The lowest BCUT2D eigenvalue weighted by Crippen LogP contribution is -2.30. The van der Waals surface area contributed by atoms with E-state index in [-0.39, 0.29) is 0 Å². The summed E-state index contributed by atoms with van der Waals surface area (Å²) < 4.78 is 7.59. The van der Waals surface area contributed by atoms with Gasteiger partial charge in [0.25, 0.3) is 0 Å². The summed E-state index contributed by atoms with van der Waals surface area (Å²) >= 11 is 6.00. The van der Waals surface area contributed by atoms with Crippen molar-refractivity contribution in [2.24, 2.45) is 0 Å². The zero-order valence-electron chi connectivity index (χ0n) is 8.19. The Hall–Kier alpha value is -1.06. The van der Waals surface area contributed by atoms with Crippen molar-refractivity contribution in [3.63, 3.8) is 0 Å². The molecular formula is C11H11ClN2O. The molecule has 15 heavy (non-hydrogen) atoms.